The summed E-state index contributed by atoms with van der Waals surface area (Å²) in [6.45, 7) is 0. The Bertz CT molecular complexity index is 673. The van der Waals surface area contributed by atoms with Crippen molar-refractivity contribution in [3.8, 4) is 0 Å². The number of hydrogen-bond donors (Lipinski definition) is 1. The third kappa shape index (κ3) is 3.63. The molecule has 0 radical (unpaired) electrons. The molecule has 1 saturated heterocycles. The second-order valence-electron chi connectivity index (χ2n) is 7.18. The molecule has 3 fully saturated rings. The molecule has 2 aliphatic carbocycles. The van der Waals surface area contributed by atoms with E-state index in [-0.39, 0.29) is 47.3 Å². The van der Waals surface area contributed by atoms with Crippen molar-refractivity contribution in [3.63, 3.8) is 0 Å². The van der Waals surface area contributed by atoms with E-state index < -0.39 is 23.6 Å². The summed E-state index contributed by atoms with van der Waals surface area (Å²) in [6, 6.07) is 5.35. The van der Waals surface area contributed by atoms with E-state index in [1.54, 1.807) is 12.1 Å². The van der Waals surface area contributed by atoms with Gasteiger partial charge in [-0.25, -0.2) is 4.39 Å². The Morgan fingerprint density at radius 3 is 2.20 bits per heavy atom. The molecule has 1 heterocycles. The van der Waals surface area contributed by atoms with E-state index in [1.807, 2.05) is 4.90 Å². The number of benzene rings is 1. The van der Waals surface area contributed by atoms with Gasteiger partial charge in [0.2, 0.25) is 5.91 Å². The fraction of sp³-hybridized carbons (Fsp3) is 0.556. The van der Waals surface area contributed by atoms with Gasteiger partial charge in [0.1, 0.15) is 5.82 Å². The number of halogens is 1. The van der Waals surface area contributed by atoms with Crippen LogP contribution >= 0.6 is 0 Å². The van der Waals surface area contributed by atoms with E-state index >= 15 is 0 Å². The van der Waals surface area contributed by atoms with E-state index in [2.05, 4.69) is 5.32 Å². The molecular formula is C18H20FN2NaO3. The van der Waals surface area contributed by atoms with Gasteiger partial charge in [-0.3, -0.25) is 9.69 Å². The van der Waals surface area contributed by atoms with Gasteiger partial charge in [-0.1, -0.05) is 12.1 Å². The minimum Gasteiger partial charge on any atom is -0.548 e. The van der Waals surface area contributed by atoms with E-state index in [9.17, 15) is 19.1 Å². The molecule has 7 heteroatoms. The molecule has 0 spiro atoms. The molecule has 0 bridgehead atoms. The summed E-state index contributed by atoms with van der Waals surface area (Å²) in [5.41, 5.74) is 0.490. The van der Waals surface area contributed by atoms with Crippen molar-refractivity contribution in [3.05, 3.63) is 35.6 Å². The van der Waals surface area contributed by atoms with Crippen LogP contribution in [0.2, 0.25) is 0 Å². The van der Waals surface area contributed by atoms with Gasteiger partial charge in [0, 0.05) is 6.04 Å². The van der Waals surface area contributed by atoms with Crippen molar-refractivity contribution in [1.29, 1.82) is 0 Å². The maximum atomic E-state index is 13.1. The minimum absolute atomic E-state index is 0. The molecule has 2 atom stereocenters. The molecule has 2 unspecified atom stereocenters. The first-order valence-electron chi connectivity index (χ1n) is 8.56. The average molecular weight is 354 g/mol. The summed E-state index contributed by atoms with van der Waals surface area (Å²) < 4.78 is 13.1. The monoisotopic (exact) mass is 354 g/mol. The molecule has 2 saturated carbocycles. The zero-order chi connectivity index (χ0) is 16.9. The molecule has 1 N–H and O–H groups in total. The summed E-state index contributed by atoms with van der Waals surface area (Å²) >= 11 is 0. The second-order valence-corrected chi connectivity index (χ2v) is 7.18. The Morgan fingerprint density at radius 1 is 1.08 bits per heavy atom. The van der Waals surface area contributed by atoms with Crippen molar-refractivity contribution >= 4 is 11.9 Å². The number of rotatable bonds is 5. The van der Waals surface area contributed by atoms with Crippen LogP contribution in [0.3, 0.4) is 0 Å². The SMILES string of the molecule is O=C([O-])C1CCC(C(=O)NC2(c3ccc(F)cc3)CC2)N1C1CC1.[Na+]. The first kappa shape index (κ1) is 18.8. The summed E-state index contributed by atoms with van der Waals surface area (Å²) in [5, 5.41) is 14.4. The number of hydrogen-bond acceptors (Lipinski definition) is 4. The average Bonchev–Trinajstić information content (AvgIpc) is 3.47. The Hall–Kier alpha value is -0.950. The van der Waals surface area contributed by atoms with Crippen LogP contribution in [-0.4, -0.2) is 34.9 Å². The maximum absolute atomic E-state index is 13.1. The summed E-state index contributed by atoms with van der Waals surface area (Å²) in [5.74, 6) is -1.50. The third-order valence-corrected chi connectivity index (χ3v) is 5.49. The first-order chi connectivity index (χ1) is 11.5. The number of carboxylic acids is 1. The minimum atomic E-state index is -1.09. The fourth-order valence-corrected chi connectivity index (χ4v) is 3.92. The van der Waals surface area contributed by atoms with Crippen LogP contribution in [-0.2, 0) is 15.1 Å². The normalized spacial score (nSPS) is 27.4. The molecule has 1 aromatic carbocycles. The number of amides is 1. The van der Waals surface area contributed by atoms with E-state index in [0.717, 1.165) is 31.2 Å². The fourth-order valence-electron chi connectivity index (χ4n) is 3.92. The van der Waals surface area contributed by atoms with E-state index in [4.69, 9.17) is 0 Å². The topological polar surface area (TPSA) is 72.5 Å². The van der Waals surface area contributed by atoms with Crippen molar-refractivity contribution in [2.24, 2.45) is 0 Å². The molecule has 1 aliphatic heterocycles. The number of carbonyl (C=O) groups excluding carboxylic acids is 2. The Morgan fingerprint density at radius 2 is 1.68 bits per heavy atom. The van der Waals surface area contributed by atoms with Crippen molar-refractivity contribution < 1.29 is 48.6 Å². The van der Waals surface area contributed by atoms with Gasteiger partial charge in [-0.15, -0.1) is 0 Å². The van der Waals surface area contributed by atoms with Crippen LogP contribution in [0.1, 0.15) is 44.1 Å². The summed E-state index contributed by atoms with van der Waals surface area (Å²) in [6.07, 6.45) is 4.53. The van der Waals surface area contributed by atoms with Crippen molar-refractivity contribution in [2.45, 2.75) is 62.2 Å². The predicted octanol–water partition coefficient (Wildman–Crippen LogP) is -2.32. The van der Waals surface area contributed by atoms with Gasteiger partial charge in [0.05, 0.1) is 23.6 Å². The Balaban J connectivity index is 0.00000182. The standard InChI is InChI=1S/C18H21FN2O3.Na/c19-12-3-1-11(2-4-12)18(9-10-18)20-16(22)14-7-8-15(17(23)24)21(14)13-5-6-13;/h1-4,13-15H,5-10H2,(H,20,22)(H,23,24);/q;+1/p-1. The van der Waals surface area contributed by atoms with Crippen LogP contribution in [0.25, 0.3) is 0 Å². The zero-order valence-electron chi connectivity index (χ0n) is 14.3. The third-order valence-electron chi connectivity index (χ3n) is 5.49. The second kappa shape index (κ2) is 6.99. The van der Waals surface area contributed by atoms with Crippen molar-refractivity contribution in [1.82, 2.24) is 10.2 Å². The molecule has 5 nitrogen and oxygen atoms in total. The number of likely N-dealkylation sites (tertiary alicyclic amines) is 1. The van der Waals surface area contributed by atoms with Crippen LogP contribution < -0.4 is 40.0 Å². The number of carboxylic acid groups (broad SMARTS) is 1. The number of nitrogens with zero attached hydrogens (tertiary/aromatic N) is 1. The maximum Gasteiger partial charge on any atom is 1.00 e. The summed E-state index contributed by atoms with van der Waals surface area (Å²) in [4.78, 5) is 26.0. The number of carbonyl (C=O) groups is 2. The van der Waals surface area contributed by atoms with Crippen LogP contribution in [0, 0.1) is 5.82 Å². The van der Waals surface area contributed by atoms with Gasteiger partial charge in [-0.05, 0) is 56.2 Å². The molecule has 128 valence electrons. The largest absolute Gasteiger partial charge is 1.00 e. The molecule has 1 amide bonds. The molecule has 3 aliphatic rings. The molecule has 0 aromatic heterocycles. The van der Waals surface area contributed by atoms with Gasteiger partial charge >= 0.3 is 29.6 Å². The van der Waals surface area contributed by atoms with Crippen molar-refractivity contribution in [2.75, 3.05) is 0 Å². The predicted molar refractivity (Wildman–Crippen MR) is 82.1 cm³/mol. The Kier molecular flexibility index (Phi) is 5.26. The van der Waals surface area contributed by atoms with E-state index in [1.165, 1.54) is 12.1 Å². The van der Waals surface area contributed by atoms with Gasteiger partial charge in [0.25, 0.3) is 0 Å². The van der Waals surface area contributed by atoms with Gasteiger partial charge in [0.15, 0.2) is 0 Å². The Labute approximate surface area is 168 Å². The molecule has 25 heavy (non-hydrogen) atoms. The zero-order valence-corrected chi connectivity index (χ0v) is 16.3. The first-order valence-corrected chi connectivity index (χ1v) is 8.56. The molecule has 4 rings (SSSR count). The molecule has 1 aromatic rings. The van der Waals surface area contributed by atoms with Crippen LogP contribution in [0.5, 0.6) is 0 Å². The van der Waals surface area contributed by atoms with Gasteiger partial charge in [-0.2, -0.15) is 0 Å². The van der Waals surface area contributed by atoms with E-state index in [0.29, 0.717) is 12.8 Å². The molecular weight excluding hydrogens is 334 g/mol. The van der Waals surface area contributed by atoms with Crippen LogP contribution in [0.4, 0.5) is 4.39 Å². The smallest absolute Gasteiger partial charge is 0.548 e. The van der Waals surface area contributed by atoms with Crippen LogP contribution in [0.15, 0.2) is 24.3 Å². The number of aliphatic carboxylic acids is 1. The quantitative estimate of drug-likeness (QED) is 0.603. The number of nitrogens with one attached hydrogen (secondary N) is 1. The van der Waals surface area contributed by atoms with Gasteiger partial charge < -0.3 is 15.2 Å². The summed E-state index contributed by atoms with van der Waals surface area (Å²) in [7, 11) is 0.